The zero-order valence-electron chi connectivity index (χ0n) is 14.1. The third kappa shape index (κ3) is 3.12. The molecule has 0 saturated carbocycles. The van der Waals surface area contributed by atoms with Crippen LogP contribution in [-0.2, 0) is 22.8 Å². The second kappa shape index (κ2) is 6.15. The molecule has 0 atom stereocenters. The summed E-state index contributed by atoms with van der Waals surface area (Å²) < 4.78 is 23.6. The number of hydrogen-bond donors (Lipinski definition) is 0. The number of rotatable bonds is 3. The average molecular weight is 352 g/mol. The Balaban J connectivity index is 1.71. The van der Waals surface area contributed by atoms with Gasteiger partial charge in [-0.05, 0) is 48.2 Å². The summed E-state index contributed by atoms with van der Waals surface area (Å²) in [5, 5.41) is 1.14. The maximum atomic E-state index is 11.8. The van der Waals surface area contributed by atoms with Gasteiger partial charge in [-0.25, -0.2) is 8.42 Å². The molecule has 0 saturated heterocycles. The first-order valence-corrected chi connectivity index (χ1v) is 10.3. The lowest BCUT2D eigenvalue weighted by molar-refractivity contribution is 0.601. The van der Waals surface area contributed by atoms with Gasteiger partial charge in [-0.1, -0.05) is 24.3 Å². The van der Waals surface area contributed by atoms with Gasteiger partial charge in [0, 0.05) is 36.6 Å². The highest BCUT2D eigenvalue weighted by Gasteiger charge is 2.20. The van der Waals surface area contributed by atoms with Crippen molar-refractivity contribution in [1.29, 1.82) is 0 Å². The van der Waals surface area contributed by atoms with E-state index >= 15 is 0 Å². The molecule has 1 aliphatic heterocycles. The van der Waals surface area contributed by atoms with E-state index in [2.05, 4.69) is 34.1 Å². The maximum Gasteiger partial charge on any atom is 0.175 e. The van der Waals surface area contributed by atoms with Gasteiger partial charge in [-0.3, -0.25) is 4.98 Å². The lowest BCUT2D eigenvalue weighted by atomic mass is 10.0. The van der Waals surface area contributed by atoms with Crippen molar-refractivity contribution in [2.75, 3.05) is 17.7 Å². The Morgan fingerprint density at radius 2 is 1.96 bits per heavy atom. The number of anilines is 1. The van der Waals surface area contributed by atoms with Crippen LogP contribution in [0.1, 0.15) is 17.5 Å². The average Bonchev–Trinajstić information content (AvgIpc) is 2.61. The van der Waals surface area contributed by atoms with Gasteiger partial charge in [-0.2, -0.15) is 0 Å². The summed E-state index contributed by atoms with van der Waals surface area (Å²) in [7, 11) is -3.17. The molecule has 0 fully saturated rings. The van der Waals surface area contributed by atoms with Crippen molar-refractivity contribution in [3.05, 3.63) is 65.9 Å². The van der Waals surface area contributed by atoms with Crippen LogP contribution in [0.3, 0.4) is 0 Å². The number of aromatic nitrogens is 1. The zero-order valence-corrected chi connectivity index (χ0v) is 15.0. The number of fused-ring (bicyclic) bond motifs is 2. The highest BCUT2D eigenvalue weighted by Crippen LogP contribution is 2.31. The van der Waals surface area contributed by atoms with Crippen LogP contribution in [-0.4, -0.2) is 26.2 Å². The van der Waals surface area contributed by atoms with E-state index in [0.29, 0.717) is 4.90 Å². The van der Waals surface area contributed by atoms with E-state index in [1.807, 2.05) is 24.4 Å². The van der Waals surface area contributed by atoms with Gasteiger partial charge in [0.25, 0.3) is 0 Å². The summed E-state index contributed by atoms with van der Waals surface area (Å²) in [5.41, 5.74) is 4.47. The largest absolute Gasteiger partial charge is 0.367 e. The van der Waals surface area contributed by atoms with E-state index in [0.717, 1.165) is 48.1 Å². The second-order valence-electron chi connectivity index (χ2n) is 6.58. The molecular weight excluding hydrogens is 332 g/mol. The minimum Gasteiger partial charge on any atom is -0.367 e. The third-order valence-electron chi connectivity index (χ3n) is 4.77. The van der Waals surface area contributed by atoms with Crippen molar-refractivity contribution in [2.24, 2.45) is 0 Å². The molecule has 2 heterocycles. The quantitative estimate of drug-likeness (QED) is 0.723. The molecule has 4 rings (SSSR count). The molecule has 0 aliphatic carbocycles. The van der Waals surface area contributed by atoms with Gasteiger partial charge < -0.3 is 4.90 Å². The standard InChI is InChI=1S/C20H20N2O2S/c1-25(23,24)18-9-10-19-16(13-18)8-4-12-22(19)14-17-6-2-5-15-7-3-11-21-20(15)17/h2-3,5-7,9-11,13H,4,8,12,14H2,1H3. The van der Waals surface area contributed by atoms with Crippen LogP contribution in [0.25, 0.3) is 10.9 Å². The smallest absolute Gasteiger partial charge is 0.175 e. The van der Waals surface area contributed by atoms with E-state index in [9.17, 15) is 8.42 Å². The van der Waals surface area contributed by atoms with Crippen molar-refractivity contribution in [1.82, 2.24) is 4.98 Å². The molecule has 25 heavy (non-hydrogen) atoms. The van der Waals surface area contributed by atoms with Crippen molar-refractivity contribution >= 4 is 26.4 Å². The Morgan fingerprint density at radius 3 is 2.80 bits per heavy atom. The fourth-order valence-corrected chi connectivity index (χ4v) is 4.22. The highest BCUT2D eigenvalue weighted by atomic mass is 32.2. The second-order valence-corrected chi connectivity index (χ2v) is 8.60. The Labute approximate surface area is 148 Å². The van der Waals surface area contributed by atoms with Gasteiger partial charge in [0.15, 0.2) is 9.84 Å². The lowest BCUT2D eigenvalue weighted by Gasteiger charge is -2.32. The van der Waals surface area contributed by atoms with E-state index < -0.39 is 9.84 Å². The minimum absolute atomic E-state index is 0.403. The number of hydrogen-bond acceptors (Lipinski definition) is 4. The number of nitrogens with zero attached hydrogens (tertiary/aromatic N) is 2. The molecule has 0 radical (unpaired) electrons. The van der Waals surface area contributed by atoms with Gasteiger partial charge in [0.2, 0.25) is 0 Å². The molecular formula is C20H20N2O2S. The third-order valence-corrected chi connectivity index (χ3v) is 5.88. The van der Waals surface area contributed by atoms with Crippen LogP contribution in [0, 0.1) is 0 Å². The van der Waals surface area contributed by atoms with Crippen molar-refractivity contribution in [2.45, 2.75) is 24.3 Å². The highest BCUT2D eigenvalue weighted by molar-refractivity contribution is 7.90. The molecule has 2 aromatic carbocycles. The van der Waals surface area contributed by atoms with E-state index in [4.69, 9.17) is 0 Å². The molecule has 0 N–H and O–H groups in total. The predicted molar refractivity (Wildman–Crippen MR) is 101 cm³/mol. The molecule has 0 bridgehead atoms. The van der Waals surface area contributed by atoms with Gasteiger partial charge in [-0.15, -0.1) is 0 Å². The molecule has 4 nitrogen and oxygen atoms in total. The van der Waals surface area contributed by atoms with Crippen molar-refractivity contribution < 1.29 is 8.42 Å². The summed E-state index contributed by atoms with van der Waals surface area (Å²) in [6, 6.07) is 15.8. The number of sulfone groups is 1. The Morgan fingerprint density at radius 1 is 1.12 bits per heavy atom. The monoisotopic (exact) mass is 352 g/mol. The molecule has 1 aromatic heterocycles. The molecule has 1 aliphatic rings. The number of para-hydroxylation sites is 1. The molecule has 5 heteroatoms. The lowest BCUT2D eigenvalue weighted by Crippen LogP contribution is -2.29. The minimum atomic E-state index is -3.17. The van der Waals surface area contributed by atoms with Crippen LogP contribution >= 0.6 is 0 Å². The van der Waals surface area contributed by atoms with Crippen LogP contribution < -0.4 is 4.90 Å². The van der Waals surface area contributed by atoms with Gasteiger partial charge in [0.05, 0.1) is 10.4 Å². The fraction of sp³-hybridized carbons (Fsp3) is 0.250. The number of pyridine rings is 1. The van der Waals surface area contributed by atoms with E-state index in [1.165, 1.54) is 11.8 Å². The van der Waals surface area contributed by atoms with Crippen molar-refractivity contribution in [3.8, 4) is 0 Å². The summed E-state index contributed by atoms with van der Waals surface area (Å²) in [6.07, 6.45) is 5.03. The summed E-state index contributed by atoms with van der Waals surface area (Å²) in [4.78, 5) is 7.27. The van der Waals surface area contributed by atoms with Gasteiger partial charge in [0.1, 0.15) is 0 Å². The van der Waals surface area contributed by atoms with Gasteiger partial charge >= 0.3 is 0 Å². The maximum absolute atomic E-state index is 11.8. The van der Waals surface area contributed by atoms with E-state index in [-0.39, 0.29) is 0 Å². The van der Waals surface area contributed by atoms with Crippen molar-refractivity contribution in [3.63, 3.8) is 0 Å². The number of benzene rings is 2. The molecule has 0 unspecified atom stereocenters. The van der Waals surface area contributed by atoms with E-state index in [1.54, 1.807) is 6.07 Å². The summed E-state index contributed by atoms with van der Waals surface area (Å²) in [6.45, 7) is 1.74. The SMILES string of the molecule is CS(=O)(=O)c1ccc2c(c1)CCCN2Cc1cccc2cccnc12. The first kappa shape index (κ1) is 16.1. The molecule has 0 amide bonds. The first-order valence-electron chi connectivity index (χ1n) is 8.43. The first-order chi connectivity index (χ1) is 12.0. The van der Waals surface area contributed by atoms with Crippen LogP contribution in [0.2, 0.25) is 0 Å². The predicted octanol–water partition coefficient (Wildman–Crippen LogP) is 3.59. The molecule has 0 spiro atoms. The summed E-state index contributed by atoms with van der Waals surface area (Å²) in [5.74, 6) is 0. The van der Waals surface area contributed by atoms with Crippen LogP contribution in [0.5, 0.6) is 0 Å². The summed E-state index contributed by atoms with van der Waals surface area (Å²) >= 11 is 0. The van der Waals surface area contributed by atoms with Crippen LogP contribution in [0.15, 0.2) is 59.6 Å². The number of aryl methyl sites for hydroxylation is 1. The topological polar surface area (TPSA) is 50.3 Å². The van der Waals surface area contributed by atoms with Crippen LogP contribution in [0.4, 0.5) is 5.69 Å². The fourth-order valence-electron chi connectivity index (χ4n) is 3.55. The Bertz CT molecular complexity index is 1040. The Kier molecular flexibility index (Phi) is 3.96. The molecule has 3 aromatic rings. The Hall–Kier alpha value is -2.40. The normalized spacial score (nSPS) is 14.5. The zero-order chi connectivity index (χ0) is 17.4. The molecule has 128 valence electrons.